The molecule has 0 amide bonds. The lowest BCUT2D eigenvalue weighted by atomic mass is 9.90. The summed E-state index contributed by atoms with van der Waals surface area (Å²) in [5.41, 5.74) is 2.51. The van der Waals surface area contributed by atoms with Gasteiger partial charge in [-0.2, -0.15) is 0 Å². The highest BCUT2D eigenvalue weighted by atomic mass is 32.2. The highest BCUT2D eigenvalue weighted by Gasteiger charge is 2.17. The van der Waals surface area contributed by atoms with Gasteiger partial charge in [0.2, 0.25) is 0 Å². The fraction of sp³-hybridized carbons (Fsp3) is 0. The van der Waals surface area contributed by atoms with Gasteiger partial charge in [0.25, 0.3) is 0 Å². The van der Waals surface area contributed by atoms with Crippen molar-refractivity contribution >= 4 is 44.1 Å². The monoisotopic (exact) mass is 413 g/mol. The van der Waals surface area contributed by atoms with Gasteiger partial charge in [0.1, 0.15) is 0 Å². The zero-order valence-corrected chi connectivity index (χ0v) is 17.6. The molecule has 0 unspecified atom stereocenters. The van der Waals surface area contributed by atoms with Gasteiger partial charge < -0.3 is 0 Å². The zero-order valence-electron chi connectivity index (χ0n) is 16.8. The van der Waals surface area contributed by atoms with Gasteiger partial charge in [-0.1, -0.05) is 96.7 Å². The van der Waals surface area contributed by atoms with E-state index in [1.54, 1.807) is 0 Å². The van der Waals surface area contributed by atoms with Gasteiger partial charge in [0.15, 0.2) is 0 Å². The van der Waals surface area contributed by atoms with Crippen molar-refractivity contribution in [1.29, 1.82) is 0 Å². The molecule has 0 saturated heterocycles. The summed E-state index contributed by atoms with van der Waals surface area (Å²) >= 11 is 1.83. The standard InChI is InChI=1S/C29H19NS/c1-2-11-21(12-3-1)31-29-25-15-7-6-14-24(25)28(27-19-30-18-17-26(27)29)23-16-8-10-20-9-4-5-13-22(20)23/h1-19H. The van der Waals surface area contributed by atoms with Crippen molar-refractivity contribution in [3.63, 3.8) is 0 Å². The molecule has 1 heterocycles. The minimum atomic E-state index is 1.19. The molecule has 6 rings (SSSR count). The Kier molecular flexibility index (Phi) is 4.44. The highest BCUT2D eigenvalue weighted by Crippen LogP contribution is 2.46. The maximum absolute atomic E-state index is 4.52. The quantitative estimate of drug-likeness (QED) is 0.270. The van der Waals surface area contributed by atoms with E-state index in [0.717, 1.165) is 0 Å². The van der Waals surface area contributed by atoms with Crippen LogP contribution in [0.4, 0.5) is 0 Å². The number of pyridine rings is 1. The summed E-state index contributed by atoms with van der Waals surface area (Å²) in [7, 11) is 0. The second-order valence-electron chi connectivity index (χ2n) is 7.61. The van der Waals surface area contributed by atoms with Crippen molar-refractivity contribution in [3.8, 4) is 11.1 Å². The number of rotatable bonds is 3. The van der Waals surface area contributed by atoms with E-state index < -0.39 is 0 Å². The minimum Gasteiger partial charge on any atom is -0.264 e. The van der Waals surface area contributed by atoms with Crippen molar-refractivity contribution in [2.45, 2.75) is 9.79 Å². The van der Waals surface area contributed by atoms with Gasteiger partial charge in [-0.15, -0.1) is 0 Å². The molecule has 1 aromatic heterocycles. The first kappa shape index (κ1) is 18.2. The van der Waals surface area contributed by atoms with Gasteiger partial charge in [-0.3, -0.25) is 4.98 Å². The van der Waals surface area contributed by atoms with Gasteiger partial charge in [-0.25, -0.2) is 0 Å². The van der Waals surface area contributed by atoms with E-state index in [2.05, 4.69) is 108 Å². The van der Waals surface area contributed by atoms with Crippen LogP contribution in [0.5, 0.6) is 0 Å². The summed E-state index contributed by atoms with van der Waals surface area (Å²) in [4.78, 5) is 7.05. The molecule has 0 spiro atoms. The lowest BCUT2D eigenvalue weighted by Gasteiger charge is -2.17. The summed E-state index contributed by atoms with van der Waals surface area (Å²) in [5, 5.41) is 7.49. The van der Waals surface area contributed by atoms with Crippen LogP contribution in [0.25, 0.3) is 43.4 Å². The summed E-state index contributed by atoms with van der Waals surface area (Å²) in [5.74, 6) is 0. The second kappa shape index (κ2) is 7.57. The van der Waals surface area contributed by atoms with E-state index in [9.17, 15) is 0 Å². The number of nitrogens with zero attached hydrogens (tertiary/aromatic N) is 1. The van der Waals surface area contributed by atoms with Crippen LogP contribution in [0.15, 0.2) is 125 Å². The maximum atomic E-state index is 4.52. The third-order valence-electron chi connectivity index (χ3n) is 5.80. The maximum Gasteiger partial charge on any atom is 0.0353 e. The predicted molar refractivity (Wildman–Crippen MR) is 133 cm³/mol. The molecule has 0 fully saturated rings. The topological polar surface area (TPSA) is 12.9 Å². The predicted octanol–water partition coefficient (Wildman–Crippen LogP) is 8.36. The Morgan fingerprint density at radius 1 is 0.516 bits per heavy atom. The summed E-state index contributed by atoms with van der Waals surface area (Å²) < 4.78 is 0. The fourth-order valence-corrected chi connectivity index (χ4v) is 5.54. The Bertz CT molecular complexity index is 1490. The zero-order chi connectivity index (χ0) is 20.6. The Balaban J connectivity index is 1.75. The van der Waals surface area contributed by atoms with E-state index in [0.29, 0.717) is 0 Å². The van der Waals surface area contributed by atoms with Crippen LogP contribution in [0.3, 0.4) is 0 Å². The van der Waals surface area contributed by atoms with Crippen LogP contribution in [0.1, 0.15) is 0 Å². The van der Waals surface area contributed by atoms with E-state index in [1.165, 1.54) is 53.2 Å². The normalized spacial score (nSPS) is 11.4. The molecule has 2 heteroatoms. The molecule has 0 saturated carbocycles. The molecular formula is C29H19NS. The summed E-state index contributed by atoms with van der Waals surface area (Å²) in [6.45, 7) is 0. The lowest BCUT2D eigenvalue weighted by Crippen LogP contribution is -1.91. The van der Waals surface area contributed by atoms with Crippen molar-refractivity contribution in [3.05, 3.63) is 116 Å². The van der Waals surface area contributed by atoms with Crippen LogP contribution in [0.2, 0.25) is 0 Å². The minimum absolute atomic E-state index is 1.19. The van der Waals surface area contributed by atoms with E-state index >= 15 is 0 Å². The van der Waals surface area contributed by atoms with Crippen molar-refractivity contribution in [2.24, 2.45) is 0 Å². The van der Waals surface area contributed by atoms with Crippen LogP contribution in [-0.4, -0.2) is 4.98 Å². The van der Waals surface area contributed by atoms with Crippen molar-refractivity contribution in [1.82, 2.24) is 4.98 Å². The average molecular weight is 414 g/mol. The summed E-state index contributed by atoms with van der Waals surface area (Å²) in [6.07, 6.45) is 3.92. The second-order valence-corrected chi connectivity index (χ2v) is 8.70. The summed E-state index contributed by atoms with van der Waals surface area (Å²) in [6, 6.07) is 36.7. The largest absolute Gasteiger partial charge is 0.264 e. The molecule has 0 N–H and O–H groups in total. The Morgan fingerprint density at radius 3 is 2.06 bits per heavy atom. The van der Waals surface area contributed by atoms with Crippen LogP contribution >= 0.6 is 11.8 Å². The van der Waals surface area contributed by atoms with E-state index in [1.807, 2.05) is 24.2 Å². The van der Waals surface area contributed by atoms with Gasteiger partial charge >= 0.3 is 0 Å². The average Bonchev–Trinajstić information content (AvgIpc) is 2.84. The Hall–Kier alpha value is -3.62. The Labute approximate surface area is 185 Å². The molecule has 5 aromatic carbocycles. The molecule has 0 aliphatic carbocycles. The van der Waals surface area contributed by atoms with Gasteiger partial charge in [0.05, 0.1) is 0 Å². The molecule has 1 nitrogen and oxygen atoms in total. The molecule has 0 aliphatic heterocycles. The molecule has 31 heavy (non-hydrogen) atoms. The lowest BCUT2D eigenvalue weighted by molar-refractivity contribution is 1.36. The molecule has 0 aliphatic rings. The third kappa shape index (κ3) is 3.08. The smallest absolute Gasteiger partial charge is 0.0353 e. The van der Waals surface area contributed by atoms with Crippen LogP contribution in [0, 0.1) is 0 Å². The molecule has 6 aromatic rings. The number of aromatic nitrogens is 1. The number of hydrogen-bond acceptors (Lipinski definition) is 2. The van der Waals surface area contributed by atoms with E-state index in [4.69, 9.17) is 0 Å². The number of fused-ring (bicyclic) bond motifs is 3. The SMILES string of the molecule is c1ccc(Sc2c3ccccc3c(-c3cccc4ccccc34)c3cnccc23)cc1. The fourth-order valence-electron chi connectivity index (χ4n) is 4.43. The van der Waals surface area contributed by atoms with E-state index in [-0.39, 0.29) is 0 Å². The van der Waals surface area contributed by atoms with Crippen LogP contribution < -0.4 is 0 Å². The van der Waals surface area contributed by atoms with Crippen molar-refractivity contribution < 1.29 is 0 Å². The molecule has 0 bridgehead atoms. The number of hydrogen-bond donors (Lipinski definition) is 0. The van der Waals surface area contributed by atoms with Gasteiger partial charge in [0, 0.05) is 27.6 Å². The first-order chi connectivity index (χ1) is 15.4. The highest BCUT2D eigenvalue weighted by molar-refractivity contribution is 7.99. The molecular weight excluding hydrogens is 394 g/mol. The van der Waals surface area contributed by atoms with Gasteiger partial charge in [-0.05, 0) is 56.3 Å². The molecule has 146 valence electrons. The molecule has 0 radical (unpaired) electrons. The number of benzene rings is 5. The first-order valence-corrected chi connectivity index (χ1v) is 11.2. The Morgan fingerprint density at radius 2 is 1.19 bits per heavy atom. The third-order valence-corrected chi connectivity index (χ3v) is 6.95. The van der Waals surface area contributed by atoms with Crippen LogP contribution in [-0.2, 0) is 0 Å². The molecule has 0 atom stereocenters. The van der Waals surface area contributed by atoms with Crippen molar-refractivity contribution in [2.75, 3.05) is 0 Å². The first-order valence-electron chi connectivity index (χ1n) is 10.4.